The summed E-state index contributed by atoms with van der Waals surface area (Å²) < 4.78 is 0. The molecule has 3 N–H and O–H groups in total. The Morgan fingerprint density at radius 3 is 2.50 bits per heavy atom. The normalized spacial score (nSPS) is 23.4. The molecule has 1 aromatic carbocycles. The molecule has 4 unspecified atom stereocenters. The van der Waals surface area contributed by atoms with E-state index >= 15 is 0 Å². The first-order chi connectivity index (χ1) is 18.3. The first-order valence-corrected chi connectivity index (χ1v) is 14.8. The number of nitrogens with two attached hydrogens (primary N) is 1. The number of carbonyl (C=O) groups excluding carboxylic acids is 3. The Kier molecular flexibility index (Phi) is 9.60. The van der Waals surface area contributed by atoms with Crippen LogP contribution in [0.5, 0.6) is 0 Å². The third kappa shape index (κ3) is 6.83. The first-order valence-electron chi connectivity index (χ1n) is 14.0. The monoisotopic (exact) mass is 538 g/mol. The number of amides is 3. The summed E-state index contributed by atoms with van der Waals surface area (Å²) in [6, 6.07) is 10.3. The van der Waals surface area contributed by atoms with Crippen LogP contribution in [0.15, 0.2) is 41.8 Å². The fourth-order valence-corrected chi connectivity index (χ4v) is 6.55. The van der Waals surface area contributed by atoms with Gasteiger partial charge in [-0.1, -0.05) is 44.0 Å². The summed E-state index contributed by atoms with van der Waals surface area (Å²) in [7, 11) is 0. The molecule has 4 rings (SSSR count). The van der Waals surface area contributed by atoms with Crippen molar-refractivity contribution in [3.8, 4) is 0 Å². The Morgan fingerprint density at radius 2 is 1.84 bits per heavy atom. The van der Waals surface area contributed by atoms with E-state index in [1.165, 1.54) is 11.3 Å². The molecule has 1 saturated carbocycles. The summed E-state index contributed by atoms with van der Waals surface area (Å²) in [4.78, 5) is 45.0. The average Bonchev–Trinajstić information content (AvgIpc) is 3.61. The van der Waals surface area contributed by atoms with E-state index in [-0.39, 0.29) is 29.7 Å². The Balaban J connectivity index is 1.54. The summed E-state index contributed by atoms with van der Waals surface area (Å²) in [6.07, 6.45) is 4.86. The number of hydrogen-bond acceptors (Lipinski definition) is 5. The molecule has 38 heavy (non-hydrogen) atoms. The number of nitrogens with zero attached hydrogens (tertiary/aromatic N) is 2. The first kappa shape index (κ1) is 28.3. The molecule has 2 fully saturated rings. The van der Waals surface area contributed by atoms with Gasteiger partial charge in [0.2, 0.25) is 5.91 Å². The molecule has 0 bridgehead atoms. The van der Waals surface area contributed by atoms with Gasteiger partial charge in [0.25, 0.3) is 11.8 Å². The summed E-state index contributed by atoms with van der Waals surface area (Å²) in [5.74, 6) is 0.872. The van der Waals surface area contributed by atoms with Crippen LogP contribution in [0, 0.1) is 24.7 Å². The zero-order chi connectivity index (χ0) is 27.2. The molecule has 0 spiro atoms. The highest BCUT2D eigenvalue weighted by Gasteiger charge is 2.43. The quantitative estimate of drug-likeness (QED) is 0.497. The third-order valence-electron chi connectivity index (χ3n) is 7.93. The van der Waals surface area contributed by atoms with Crippen LogP contribution < -0.4 is 11.1 Å². The maximum Gasteiger partial charge on any atom is 0.264 e. The molecular weight excluding hydrogens is 496 g/mol. The van der Waals surface area contributed by atoms with Crippen molar-refractivity contribution in [3.05, 3.63) is 57.8 Å². The van der Waals surface area contributed by atoms with Crippen LogP contribution >= 0.6 is 11.3 Å². The third-order valence-corrected chi connectivity index (χ3v) is 8.78. The molecular formula is C30H42N4O3S. The van der Waals surface area contributed by atoms with E-state index in [0.717, 1.165) is 31.2 Å². The zero-order valence-electron chi connectivity index (χ0n) is 22.9. The van der Waals surface area contributed by atoms with E-state index in [4.69, 9.17) is 5.73 Å². The molecule has 8 heteroatoms. The van der Waals surface area contributed by atoms with Crippen molar-refractivity contribution in [2.75, 3.05) is 26.2 Å². The van der Waals surface area contributed by atoms with E-state index in [2.05, 4.69) is 19.2 Å². The lowest BCUT2D eigenvalue weighted by Crippen LogP contribution is -2.47. The standard InChI is InChI=1S/C30H42N4O3S/c1-20(2)18-33(30(37)27-8-5-13-38-27)25-15-26(28(35)32-17-23-7-4-6-22(14-23)16-31)34(19-25)29(36)24-11-9-21(3)10-12-24/h5,8-13,20,22-23,25-26H,4,6-7,14-19,31H2,1-3H3,(H,32,35). The van der Waals surface area contributed by atoms with E-state index in [1.807, 2.05) is 53.6 Å². The number of hydrogen-bond donors (Lipinski definition) is 2. The predicted octanol–water partition coefficient (Wildman–Crippen LogP) is 4.32. The zero-order valence-corrected chi connectivity index (χ0v) is 23.7. The highest BCUT2D eigenvalue weighted by molar-refractivity contribution is 7.12. The highest BCUT2D eigenvalue weighted by Crippen LogP contribution is 2.30. The Morgan fingerprint density at radius 1 is 1.11 bits per heavy atom. The second-order valence-corrected chi connectivity index (χ2v) is 12.4. The number of likely N-dealkylation sites (tertiary alicyclic amines) is 1. The maximum absolute atomic E-state index is 13.7. The van der Waals surface area contributed by atoms with Crippen LogP contribution in [0.1, 0.15) is 71.5 Å². The average molecular weight is 539 g/mol. The molecule has 7 nitrogen and oxygen atoms in total. The van der Waals surface area contributed by atoms with E-state index in [1.54, 1.807) is 4.90 Å². The van der Waals surface area contributed by atoms with Crippen LogP contribution in [0.2, 0.25) is 0 Å². The largest absolute Gasteiger partial charge is 0.354 e. The van der Waals surface area contributed by atoms with Gasteiger partial charge in [0.1, 0.15) is 6.04 Å². The molecule has 0 radical (unpaired) electrons. The van der Waals surface area contributed by atoms with Crippen molar-refractivity contribution in [2.24, 2.45) is 23.5 Å². The summed E-state index contributed by atoms with van der Waals surface area (Å²) in [5, 5.41) is 5.07. The SMILES string of the molecule is Cc1ccc(C(=O)N2CC(N(CC(C)C)C(=O)c3cccs3)CC2C(=O)NCC2CCCC(CN)C2)cc1. The van der Waals surface area contributed by atoms with Crippen LogP contribution in [0.25, 0.3) is 0 Å². The number of thiophene rings is 1. The van der Waals surface area contributed by atoms with Gasteiger partial charge in [0, 0.05) is 25.2 Å². The van der Waals surface area contributed by atoms with E-state index < -0.39 is 6.04 Å². The number of benzene rings is 1. The molecule has 1 aromatic heterocycles. The minimum absolute atomic E-state index is 0.0301. The van der Waals surface area contributed by atoms with Crippen LogP contribution in [0.4, 0.5) is 0 Å². The minimum Gasteiger partial charge on any atom is -0.354 e. The van der Waals surface area contributed by atoms with Gasteiger partial charge in [0.15, 0.2) is 0 Å². The summed E-state index contributed by atoms with van der Waals surface area (Å²) in [6.45, 7) is 8.36. The van der Waals surface area contributed by atoms with Crippen LogP contribution in [-0.4, -0.2) is 65.8 Å². The van der Waals surface area contributed by atoms with Crippen LogP contribution in [-0.2, 0) is 4.79 Å². The van der Waals surface area contributed by atoms with Crippen molar-refractivity contribution < 1.29 is 14.4 Å². The fourth-order valence-electron chi connectivity index (χ4n) is 5.87. The number of nitrogens with one attached hydrogen (secondary N) is 1. The van der Waals surface area contributed by atoms with Gasteiger partial charge in [-0.3, -0.25) is 14.4 Å². The topological polar surface area (TPSA) is 95.7 Å². The lowest BCUT2D eigenvalue weighted by atomic mass is 9.81. The molecule has 4 atom stereocenters. The lowest BCUT2D eigenvalue weighted by Gasteiger charge is -2.30. The molecule has 1 saturated heterocycles. The Bertz CT molecular complexity index is 1090. The highest BCUT2D eigenvalue weighted by atomic mass is 32.1. The van der Waals surface area contributed by atoms with Gasteiger partial charge in [-0.15, -0.1) is 11.3 Å². The number of rotatable bonds is 9. The molecule has 2 aliphatic rings. The van der Waals surface area contributed by atoms with Gasteiger partial charge in [-0.05, 0) is 80.5 Å². The van der Waals surface area contributed by atoms with Crippen molar-refractivity contribution >= 4 is 29.1 Å². The van der Waals surface area contributed by atoms with E-state index in [9.17, 15) is 14.4 Å². The smallest absolute Gasteiger partial charge is 0.264 e. The molecule has 1 aliphatic carbocycles. The molecule has 1 aliphatic heterocycles. The lowest BCUT2D eigenvalue weighted by molar-refractivity contribution is -0.125. The Labute approximate surface area is 230 Å². The van der Waals surface area contributed by atoms with Gasteiger partial charge in [-0.25, -0.2) is 0 Å². The molecule has 3 amide bonds. The minimum atomic E-state index is -0.617. The summed E-state index contributed by atoms with van der Waals surface area (Å²) in [5.41, 5.74) is 7.55. The Hall–Kier alpha value is -2.71. The fraction of sp³-hybridized carbons (Fsp3) is 0.567. The van der Waals surface area contributed by atoms with Crippen LogP contribution in [0.3, 0.4) is 0 Å². The van der Waals surface area contributed by atoms with Crippen molar-refractivity contribution in [2.45, 2.75) is 65.0 Å². The van der Waals surface area contributed by atoms with Crippen molar-refractivity contribution in [1.82, 2.24) is 15.1 Å². The molecule has 2 heterocycles. The van der Waals surface area contributed by atoms with Gasteiger partial charge in [0.05, 0.1) is 10.9 Å². The van der Waals surface area contributed by atoms with Gasteiger partial charge in [-0.2, -0.15) is 0 Å². The molecule has 206 valence electrons. The van der Waals surface area contributed by atoms with Gasteiger partial charge >= 0.3 is 0 Å². The second-order valence-electron chi connectivity index (χ2n) is 11.4. The number of carbonyl (C=O) groups is 3. The molecule has 2 aromatic rings. The van der Waals surface area contributed by atoms with E-state index in [0.29, 0.717) is 54.9 Å². The van der Waals surface area contributed by atoms with Gasteiger partial charge < -0.3 is 20.9 Å². The predicted molar refractivity (Wildman–Crippen MR) is 152 cm³/mol. The summed E-state index contributed by atoms with van der Waals surface area (Å²) >= 11 is 1.42. The maximum atomic E-state index is 13.7. The second kappa shape index (κ2) is 12.9. The van der Waals surface area contributed by atoms with Crippen molar-refractivity contribution in [1.29, 1.82) is 0 Å². The van der Waals surface area contributed by atoms with Crippen molar-refractivity contribution in [3.63, 3.8) is 0 Å². The number of aryl methyl sites for hydroxylation is 1.